The maximum atomic E-state index is 12.9. The third-order valence-electron chi connectivity index (χ3n) is 4.69. The highest BCUT2D eigenvalue weighted by atomic mass is 16.5. The second kappa shape index (κ2) is 7.40. The predicted octanol–water partition coefficient (Wildman–Crippen LogP) is 4.17. The molecule has 1 aliphatic rings. The Bertz CT molecular complexity index is 758. The van der Waals surface area contributed by atoms with Crippen molar-refractivity contribution in [3.05, 3.63) is 30.5 Å². The number of hydrogen-bond donors (Lipinski definition) is 1. The molecule has 0 saturated heterocycles. The fourth-order valence-corrected chi connectivity index (χ4v) is 3.13. The van der Waals surface area contributed by atoms with Gasteiger partial charge in [-0.05, 0) is 63.3 Å². The lowest BCUT2D eigenvalue weighted by Crippen LogP contribution is -2.44. The number of nitrogens with zero attached hydrogens (tertiary/aromatic N) is 1. The van der Waals surface area contributed by atoms with Crippen LogP contribution in [0.2, 0.25) is 0 Å². The van der Waals surface area contributed by atoms with Gasteiger partial charge in [0.2, 0.25) is 0 Å². The SMILES string of the molecule is CCCOc1ccc(NC(=O)C(C)(OCC)C2CC2)c2cccnc12. The van der Waals surface area contributed by atoms with Gasteiger partial charge in [-0.15, -0.1) is 0 Å². The summed E-state index contributed by atoms with van der Waals surface area (Å²) in [5.41, 5.74) is 0.725. The molecule has 1 unspecified atom stereocenters. The molecular formula is C20H26N2O3. The zero-order valence-electron chi connectivity index (χ0n) is 15.2. The first-order valence-corrected chi connectivity index (χ1v) is 9.06. The highest BCUT2D eigenvalue weighted by Crippen LogP contribution is 2.43. The summed E-state index contributed by atoms with van der Waals surface area (Å²) < 4.78 is 11.6. The van der Waals surface area contributed by atoms with Crippen LogP contribution in [0.5, 0.6) is 5.75 Å². The summed E-state index contributed by atoms with van der Waals surface area (Å²) in [6.07, 6.45) is 4.74. The molecule has 0 aliphatic heterocycles. The Hall–Kier alpha value is -2.14. The summed E-state index contributed by atoms with van der Waals surface area (Å²) in [5.74, 6) is 0.943. The van der Waals surface area contributed by atoms with Gasteiger partial charge in [0.1, 0.15) is 16.9 Å². The summed E-state index contributed by atoms with van der Waals surface area (Å²) in [6, 6.07) is 7.57. The molecule has 1 aliphatic carbocycles. The Labute approximate surface area is 148 Å². The molecule has 3 rings (SSSR count). The lowest BCUT2D eigenvalue weighted by Gasteiger charge is -2.28. The Kier molecular flexibility index (Phi) is 5.23. The molecule has 0 spiro atoms. The fraction of sp³-hybridized carbons (Fsp3) is 0.500. The van der Waals surface area contributed by atoms with Crippen molar-refractivity contribution in [2.24, 2.45) is 5.92 Å². The van der Waals surface area contributed by atoms with E-state index in [4.69, 9.17) is 9.47 Å². The topological polar surface area (TPSA) is 60.5 Å². The number of amides is 1. The van der Waals surface area contributed by atoms with E-state index in [1.807, 2.05) is 38.1 Å². The van der Waals surface area contributed by atoms with E-state index in [1.165, 1.54) is 0 Å². The third-order valence-corrected chi connectivity index (χ3v) is 4.69. The molecule has 1 aromatic heterocycles. The molecule has 25 heavy (non-hydrogen) atoms. The zero-order chi connectivity index (χ0) is 17.9. The molecule has 1 saturated carbocycles. The average Bonchev–Trinajstić information content (AvgIpc) is 3.46. The van der Waals surface area contributed by atoms with Crippen LogP contribution in [0.1, 0.15) is 40.0 Å². The second-order valence-electron chi connectivity index (χ2n) is 6.63. The summed E-state index contributed by atoms with van der Waals surface area (Å²) in [7, 11) is 0. The molecule has 1 aromatic carbocycles. The average molecular weight is 342 g/mol. The number of hydrogen-bond acceptors (Lipinski definition) is 4. The van der Waals surface area contributed by atoms with Crippen molar-refractivity contribution in [2.45, 2.75) is 45.6 Å². The van der Waals surface area contributed by atoms with E-state index in [0.29, 0.717) is 19.1 Å². The Balaban J connectivity index is 1.90. The molecule has 134 valence electrons. The lowest BCUT2D eigenvalue weighted by molar-refractivity contribution is -0.141. The molecule has 1 amide bonds. The smallest absolute Gasteiger partial charge is 0.256 e. The van der Waals surface area contributed by atoms with Gasteiger partial charge in [0.25, 0.3) is 5.91 Å². The molecule has 1 N–H and O–H groups in total. The number of nitrogens with one attached hydrogen (secondary N) is 1. The van der Waals surface area contributed by atoms with Gasteiger partial charge < -0.3 is 14.8 Å². The summed E-state index contributed by atoms with van der Waals surface area (Å²) in [6.45, 7) is 7.04. The van der Waals surface area contributed by atoms with E-state index < -0.39 is 5.60 Å². The largest absolute Gasteiger partial charge is 0.491 e. The van der Waals surface area contributed by atoms with Crippen LogP contribution < -0.4 is 10.1 Å². The molecule has 0 bridgehead atoms. The van der Waals surface area contributed by atoms with Crippen molar-refractivity contribution >= 4 is 22.5 Å². The summed E-state index contributed by atoms with van der Waals surface area (Å²) >= 11 is 0. The molecule has 5 nitrogen and oxygen atoms in total. The van der Waals surface area contributed by atoms with Crippen LogP contribution in [-0.2, 0) is 9.53 Å². The number of aromatic nitrogens is 1. The molecule has 1 heterocycles. The van der Waals surface area contributed by atoms with Crippen LogP contribution in [0.3, 0.4) is 0 Å². The maximum Gasteiger partial charge on any atom is 0.256 e. The van der Waals surface area contributed by atoms with Crippen LogP contribution in [0, 0.1) is 5.92 Å². The van der Waals surface area contributed by atoms with Gasteiger partial charge in [0.15, 0.2) is 0 Å². The second-order valence-corrected chi connectivity index (χ2v) is 6.63. The van der Waals surface area contributed by atoms with E-state index in [2.05, 4.69) is 17.2 Å². The van der Waals surface area contributed by atoms with Gasteiger partial charge in [0, 0.05) is 18.2 Å². The van der Waals surface area contributed by atoms with Gasteiger partial charge in [-0.25, -0.2) is 0 Å². The number of anilines is 1. The predicted molar refractivity (Wildman–Crippen MR) is 98.9 cm³/mol. The monoisotopic (exact) mass is 342 g/mol. The van der Waals surface area contributed by atoms with Gasteiger partial charge in [-0.3, -0.25) is 9.78 Å². The van der Waals surface area contributed by atoms with E-state index in [9.17, 15) is 4.79 Å². The molecular weight excluding hydrogens is 316 g/mol. The number of rotatable bonds is 8. The number of ether oxygens (including phenoxy) is 2. The minimum atomic E-state index is -0.777. The van der Waals surface area contributed by atoms with Crippen LogP contribution >= 0.6 is 0 Å². The van der Waals surface area contributed by atoms with Crippen LogP contribution in [0.15, 0.2) is 30.5 Å². The third kappa shape index (κ3) is 3.61. The van der Waals surface area contributed by atoms with Gasteiger partial charge in [-0.2, -0.15) is 0 Å². The lowest BCUT2D eigenvalue weighted by atomic mass is 9.98. The van der Waals surface area contributed by atoms with Gasteiger partial charge in [-0.1, -0.05) is 6.92 Å². The van der Waals surface area contributed by atoms with Crippen molar-refractivity contribution in [3.8, 4) is 5.75 Å². The maximum absolute atomic E-state index is 12.9. The van der Waals surface area contributed by atoms with E-state index in [0.717, 1.165) is 41.6 Å². The Morgan fingerprint density at radius 3 is 2.80 bits per heavy atom. The zero-order valence-corrected chi connectivity index (χ0v) is 15.2. The fourth-order valence-electron chi connectivity index (χ4n) is 3.13. The normalized spacial score (nSPS) is 16.4. The molecule has 1 atom stereocenters. The molecule has 0 radical (unpaired) electrons. The molecule has 2 aromatic rings. The van der Waals surface area contributed by atoms with Crippen molar-refractivity contribution in [2.75, 3.05) is 18.5 Å². The number of carbonyl (C=O) groups excluding carboxylic acids is 1. The molecule has 1 fully saturated rings. The first kappa shape index (κ1) is 17.7. The van der Waals surface area contributed by atoms with Crippen molar-refractivity contribution in [1.82, 2.24) is 4.98 Å². The van der Waals surface area contributed by atoms with Crippen LogP contribution in [0.25, 0.3) is 10.9 Å². The minimum absolute atomic E-state index is 0.0933. The summed E-state index contributed by atoms with van der Waals surface area (Å²) in [4.78, 5) is 17.4. The summed E-state index contributed by atoms with van der Waals surface area (Å²) in [5, 5.41) is 3.93. The van der Waals surface area contributed by atoms with Crippen LogP contribution in [0.4, 0.5) is 5.69 Å². The van der Waals surface area contributed by atoms with Gasteiger partial charge in [0.05, 0.1) is 12.3 Å². The highest BCUT2D eigenvalue weighted by molar-refractivity contribution is 6.05. The minimum Gasteiger partial charge on any atom is -0.491 e. The Morgan fingerprint density at radius 2 is 2.12 bits per heavy atom. The highest BCUT2D eigenvalue weighted by Gasteiger charge is 2.48. The van der Waals surface area contributed by atoms with Crippen molar-refractivity contribution in [3.63, 3.8) is 0 Å². The number of pyridine rings is 1. The van der Waals surface area contributed by atoms with E-state index in [-0.39, 0.29) is 5.91 Å². The number of fused-ring (bicyclic) bond motifs is 1. The van der Waals surface area contributed by atoms with Crippen molar-refractivity contribution in [1.29, 1.82) is 0 Å². The van der Waals surface area contributed by atoms with Crippen LogP contribution in [-0.4, -0.2) is 29.7 Å². The Morgan fingerprint density at radius 1 is 1.32 bits per heavy atom. The number of benzene rings is 1. The first-order valence-electron chi connectivity index (χ1n) is 9.06. The standard InChI is InChI=1S/C20H26N2O3/c1-4-13-24-17-11-10-16(15-7-6-12-21-18(15)17)22-19(23)20(3,25-5-2)14-8-9-14/h6-7,10-12,14H,4-5,8-9,13H2,1-3H3,(H,22,23). The van der Waals surface area contributed by atoms with Gasteiger partial charge >= 0.3 is 0 Å². The van der Waals surface area contributed by atoms with E-state index >= 15 is 0 Å². The number of carbonyl (C=O) groups is 1. The van der Waals surface area contributed by atoms with Crippen molar-refractivity contribution < 1.29 is 14.3 Å². The van der Waals surface area contributed by atoms with E-state index in [1.54, 1.807) is 6.20 Å². The first-order chi connectivity index (χ1) is 12.1. The quantitative estimate of drug-likeness (QED) is 0.782. The molecule has 5 heteroatoms.